The van der Waals surface area contributed by atoms with Gasteiger partial charge in [0.05, 0.1) is 23.2 Å². The van der Waals surface area contributed by atoms with Gasteiger partial charge in [-0.3, -0.25) is 4.79 Å². The van der Waals surface area contributed by atoms with E-state index in [0.29, 0.717) is 24.8 Å². The minimum atomic E-state index is -1.03. The lowest BCUT2D eigenvalue weighted by Crippen LogP contribution is -2.52. The molecule has 3 N–H and O–H groups in total. The maximum atomic E-state index is 14.3. The van der Waals surface area contributed by atoms with Crippen LogP contribution in [0.3, 0.4) is 0 Å². The molecule has 2 fully saturated rings. The van der Waals surface area contributed by atoms with E-state index in [1.165, 1.54) is 6.07 Å². The Balaban J connectivity index is 2.13. The van der Waals surface area contributed by atoms with E-state index in [0.717, 1.165) is 0 Å². The first-order chi connectivity index (χ1) is 9.77. The molecule has 0 bridgehead atoms. The highest BCUT2D eigenvalue weighted by molar-refractivity contribution is 5.86. The summed E-state index contributed by atoms with van der Waals surface area (Å²) < 4.78 is 14.3. The lowest BCUT2D eigenvalue weighted by molar-refractivity contribution is -0.138. The Hall–Kier alpha value is -1.46. The van der Waals surface area contributed by atoms with E-state index in [1.54, 1.807) is 36.9 Å². The molecular formula is C16H21FN2O2. The average Bonchev–Trinajstić information content (AvgIpc) is 2.88. The van der Waals surface area contributed by atoms with Crippen molar-refractivity contribution >= 4 is 5.91 Å². The maximum Gasteiger partial charge on any atom is 0.240 e. The summed E-state index contributed by atoms with van der Waals surface area (Å²) in [6, 6.07) is 5.58. The van der Waals surface area contributed by atoms with Crippen LogP contribution in [0.15, 0.2) is 24.3 Å². The molecule has 21 heavy (non-hydrogen) atoms. The van der Waals surface area contributed by atoms with Gasteiger partial charge in [0, 0.05) is 5.56 Å². The molecule has 2 aliphatic rings. The van der Waals surface area contributed by atoms with Gasteiger partial charge in [0.1, 0.15) is 5.82 Å². The van der Waals surface area contributed by atoms with E-state index in [2.05, 4.69) is 0 Å². The summed E-state index contributed by atoms with van der Waals surface area (Å²) in [6.07, 6.45) is 1.68. The summed E-state index contributed by atoms with van der Waals surface area (Å²) in [6.45, 7) is 3.37. The topological polar surface area (TPSA) is 66.6 Å². The molecule has 5 heteroatoms. The van der Waals surface area contributed by atoms with Crippen molar-refractivity contribution in [3.8, 4) is 0 Å². The van der Waals surface area contributed by atoms with E-state index in [1.807, 2.05) is 0 Å². The van der Waals surface area contributed by atoms with Crippen LogP contribution in [-0.4, -0.2) is 33.6 Å². The highest BCUT2D eigenvalue weighted by atomic mass is 19.1. The Bertz CT molecular complexity index is 584. The fourth-order valence-electron chi connectivity index (χ4n) is 4.00. The fraction of sp³-hybridized carbons (Fsp3) is 0.562. The van der Waals surface area contributed by atoms with Crippen molar-refractivity contribution in [1.29, 1.82) is 0 Å². The van der Waals surface area contributed by atoms with Gasteiger partial charge in [0.25, 0.3) is 0 Å². The first kappa shape index (κ1) is 14.5. The van der Waals surface area contributed by atoms with Crippen molar-refractivity contribution in [2.24, 2.45) is 5.73 Å². The van der Waals surface area contributed by atoms with Gasteiger partial charge in [0.2, 0.25) is 5.91 Å². The summed E-state index contributed by atoms with van der Waals surface area (Å²) in [4.78, 5) is 14.1. The van der Waals surface area contributed by atoms with Crippen LogP contribution >= 0.6 is 0 Å². The number of carbonyl (C=O) groups is 1. The molecule has 3 atom stereocenters. The van der Waals surface area contributed by atoms with Gasteiger partial charge in [-0.15, -0.1) is 0 Å². The highest BCUT2D eigenvalue weighted by Gasteiger charge is 2.60. The predicted octanol–water partition coefficient (Wildman–Crippen LogP) is 1.51. The standard InChI is InChI=1S/C16H21FN2O2/c1-15(2,21)13-7-8-16(9-12(18)14(20)19(13)16)10-5-3-4-6-11(10)17/h3-6,12-13,21H,7-9,18H2,1-2H3/t12-,13+,16+/m0/s1. The number of nitrogens with zero attached hydrogens (tertiary/aromatic N) is 1. The molecule has 0 aliphatic carbocycles. The zero-order chi connectivity index (χ0) is 15.4. The van der Waals surface area contributed by atoms with E-state index in [4.69, 9.17) is 5.73 Å². The third-order valence-electron chi connectivity index (χ3n) is 4.91. The van der Waals surface area contributed by atoms with Crippen molar-refractivity contribution in [1.82, 2.24) is 4.90 Å². The van der Waals surface area contributed by atoms with Gasteiger partial charge in [0.15, 0.2) is 0 Å². The van der Waals surface area contributed by atoms with Crippen molar-refractivity contribution in [2.75, 3.05) is 0 Å². The molecule has 3 rings (SSSR count). The largest absolute Gasteiger partial charge is 0.388 e. The number of nitrogens with two attached hydrogens (primary N) is 1. The Labute approximate surface area is 123 Å². The maximum absolute atomic E-state index is 14.3. The molecule has 2 heterocycles. The zero-order valence-corrected chi connectivity index (χ0v) is 12.3. The number of rotatable bonds is 2. The second kappa shape index (κ2) is 4.52. The normalized spacial score (nSPS) is 32.6. The number of aliphatic hydroxyl groups is 1. The van der Waals surface area contributed by atoms with E-state index >= 15 is 0 Å². The molecule has 0 saturated carbocycles. The third kappa shape index (κ3) is 1.99. The van der Waals surface area contributed by atoms with Crippen LogP contribution in [0.4, 0.5) is 4.39 Å². The van der Waals surface area contributed by atoms with Crippen LogP contribution < -0.4 is 5.73 Å². The van der Waals surface area contributed by atoms with Crippen LogP contribution in [0.25, 0.3) is 0 Å². The van der Waals surface area contributed by atoms with Gasteiger partial charge < -0.3 is 15.7 Å². The van der Waals surface area contributed by atoms with Crippen molar-refractivity contribution in [2.45, 2.75) is 56.3 Å². The van der Waals surface area contributed by atoms with Crippen molar-refractivity contribution in [3.05, 3.63) is 35.6 Å². The van der Waals surface area contributed by atoms with Crippen molar-refractivity contribution in [3.63, 3.8) is 0 Å². The van der Waals surface area contributed by atoms with Crippen molar-refractivity contribution < 1.29 is 14.3 Å². The van der Waals surface area contributed by atoms with Gasteiger partial charge in [-0.05, 0) is 39.2 Å². The molecule has 2 saturated heterocycles. The Morgan fingerprint density at radius 3 is 2.71 bits per heavy atom. The van der Waals surface area contributed by atoms with Crippen LogP contribution in [0.5, 0.6) is 0 Å². The molecule has 0 spiro atoms. The summed E-state index contributed by atoms with van der Waals surface area (Å²) in [5.41, 5.74) is 4.71. The molecule has 1 aromatic rings. The third-order valence-corrected chi connectivity index (χ3v) is 4.91. The summed E-state index contributed by atoms with van der Waals surface area (Å²) in [5, 5.41) is 10.4. The molecule has 0 unspecified atom stereocenters. The Kier molecular flexibility index (Phi) is 3.11. The number of halogens is 1. The molecule has 0 aromatic heterocycles. The summed E-state index contributed by atoms with van der Waals surface area (Å²) in [7, 11) is 0. The zero-order valence-electron chi connectivity index (χ0n) is 12.3. The van der Waals surface area contributed by atoms with Crippen LogP contribution in [-0.2, 0) is 10.3 Å². The first-order valence-corrected chi connectivity index (χ1v) is 7.33. The number of amides is 1. The molecule has 0 radical (unpaired) electrons. The lowest BCUT2D eigenvalue weighted by atomic mass is 9.84. The molecule has 1 aromatic carbocycles. The Morgan fingerprint density at radius 2 is 2.10 bits per heavy atom. The molecule has 4 nitrogen and oxygen atoms in total. The number of hydrogen-bond donors (Lipinski definition) is 2. The summed E-state index contributed by atoms with van der Waals surface area (Å²) in [5.74, 6) is -0.510. The number of fused-ring (bicyclic) bond motifs is 1. The first-order valence-electron chi connectivity index (χ1n) is 7.33. The quantitative estimate of drug-likeness (QED) is 0.868. The Morgan fingerprint density at radius 1 is 1.43 bits per heavy atom. The molecule has 114 valence electrons. The minimum absolute atomic E-state index is 0.192. The van der Waals surface area contributed by atoms with Gasteiger partial charge >= 0.3 is 0 Å². The number of carbonyl (C=O) groups excluding carboxylic acids is 1. The molecular weight excluding hydrogens is 271 g/mol. The van der Waals surface area contributed by atoms with Gasteiger partial charge in [-0.25, -0.2) is 4.39 Å². The molecule has 1 amide bonds. The minimum Gasteiger partial charge on any atom is -0.388 e. The second-order valence-corrected chi connectivity index (χ2v) is 6.74. The van der Waals surface area contributed by atoms with Crippen LogP contribution in [0, 0.1) is 5.82 Å². The average molecular weight is 292 g/mol. The van der Waals surface area contributed by atoms with Crippen LogP contribution in [0.2, 0.25) is 0 Å². The monoisotopic (exact) mass is 292 g/mol. The highest BCUT2D eigenvalue weighted by Crippen LogP contribution is 2.52. The van der Waals surface area contributed by atoms with Gasteiger partial charge in [-0.1, -0.05) is 18.2 Å². The smallest absolute Gasteiger partial charge is 0.240 e. The fourth-order valence-corrected chi connectivity index (χ4v) is 4.00. The second-order valence-electron chi connectivity index (χ2n) is 6.74. The van der Waals surface area contributed by atoms with E-state index < -0.39 is 17.2 Å². The number of benzene rings is 1. The van der Waals surface area contributed by atoms with E-state index in [9.17, 15) is 14.3 Å². The lowest BCUT2D eigenvalue weighted by Gasteiger charge is -2.39. The van der Waals surface area contributed by atoms with E-state index in [-0.39, 0.29) is 17.8 Å². The van der Waals surface area contributed by atoms with Crippen LogP contribution in [0.1, 0.15) is 38.7 Å². The summed E-state index contributed by atoms with van der Waals surface area (Å²) >= 11 is 0. The number of hydrogen-bond acceptors (Lipinski definition) is 3. The van der Waals surface area contributed by atoms with Gasteiger partial charge in [-0.2, -0.15) is 0 Å². The molecule has 2 aliphatic heterocycles. The SMILES string of the molecule is CC(C)(O)[C@H]1CC[C@]2(c3ccccc3F)C[C@H](N)C(=O)N12. The predicted molar refractivity (Wildman–Crippen MR) is 76.8 cm³/mol.